The fraction of sp³-hybridized carbons (Fsp3) is 0. The van der Waals surface area contributed by atoms with E-state index in [0.29, 0.717) is 17.6 Å². The monoisotopic (exact) mass is 745 g/mol. The van der Waals surface area contributed by atoms with Crippen LogP contribution in [0, 0.1) is 0 Å². The highest BCUT2D eigenvalue weighted by Gasteiger charge is 2.22. The van der Waals surface area contributed by atoms with Crippen LogP contribution in [0.4, 0.5) is 0 Å². The molecule has 0 spiro atoms. The minimum Gasteiger partial charge on any atom is -0.309 e. The van der Waals surface area contributed by atoms with E-state index >= 15 is 0 Å². The molecule has 6 heteroatoms. The van der Waals surface area contributed by atoms with Crippen LogP contribution in [0.15, 0.2) is 188 Å². The molecule has 0 radical (unpaired) electrons. The van der Waals surface area contributed by atoms with Gasteiger partial charge in [-0.25, -0.2) is 4.98 Å². The summed E-state index contributed by atoms with van der Waals surface area (Å²) in [5, 5.41) is 7.06. The zero-order chi connectivity index (χ0) is 37.5. The van der Waals surface area contributed by atoms with Gasteiger partial charge in [-0.15, -0.1) is 11.3 Å². The average molecular weight is 746 g/mol. The number of benzene rings is 8. The zero-order valence-corrected chi connectivity index (χ0v) is 31.4. The number of hydrogen-bond acceptors (Lipinski definition) is 4. The van der Waals surface area contributed by atoms with Crippen LogP contribution in [0.1, 0.15) is 0 Å². The van der Waals surface area contributed by atoms with Gasteiger partial charge in [-0.3, -0.25) is 4.57 Å². The predicted molar refractivity (Wildman–Crippen MR) is 238 cm³/mol. The lowest BCUT2D eigenvalue weighted by Crippen LogP contribution is -2.08. The van der Waals surface area contributed by atoms with Crippen LogP contribution in [0.2, 0.25) is 0 Å². The topological polar surface area (TPSA) is 48.5 Å². The van der Waals surface area contributed by atoms with Crippen LogP contribution in [0.3, 0.4) is 0 Å². The van der Waals surface area contributed by atoms with Crippen molar-refractivity contribution < 1.29 is 0 Å². The van der Waals surface area contributed by atoms with E-state index in [0.717, 1.165) is 66.2 Å². The summed E-state index contributed by atoms with van der Waals surface area (Å²) in [6.07, 6.45) is 0. The predicted octanol–water partition coefficient (Wildman–Crippen LogP) is 13.4. The van der Waals surface area contributed by atoms with Gasteiger partial charge in [-0.05, 0) is 59.7 Å². The summed E-state index contributed by atoms with van der Waals surface area (Å²) in [5.41, 5.74) is 9.53. The molecule has 266 valence electrons. The van der Waals surface area contributed by atoms with Gasteiger partial charge in [0.1, 0.15) is 0 Å². The van der Waals surface area contributed by atoms with E-state index < -0.39 is 0 Å². The van der Waals surface area contributed by atoms with Crippen molar-refractivity contribution >= 4 is 75.1 Å². The average Bonchev–Trinajstić information content (AvgIpc) is 3.94. The highest BCUT2D eigenvalue weighted by Crippen LogP contribution is 2.41. The van der Waals surface area contributed by atoms with Crippen LogP contribution in [0.25, 0.3) is 109 Å². The Labute approximate surface area is 331 Å². The van der Waals surface area contributed by atoms with Gasteiger partial charge in [0.15, 0.2) is 11.6 Å². The van der Waals surface area contributed by atoms with Crippen LogP contribution < -0.4 is 0 Å². The van der Waals surface area contributed by atoms with Gasteiger partial charge in [0, 0.05) is 52.8 Å². The minimum atomic E-state index is 0.569. The number of fused-ring (bicyclic) bond motifs is 9. The van der Waals surface area contributed by atoms with Crippen molar-refractivity contribution in [2.24, 2.45) is 0 Å². The van der Waals surface area contributed by atoms with Crippen molar-refractivity contribution in [3.05, 3.63) is 188 Å². The van der Waals surface area contributed by atoms with Crippen LogP contribution >= 0.6 is 11.3 Å². The van der Waals surface area contributed by atoms with Gasteiger partial charge >= 0.3 is 0 Å². The molecular weight excluding hydrogens is 715 g/mol. The lowest BCUT2D eigenvalue weighted by molar-refractivity contribution is 0.952. The molecule has 4 heterocycles. The molecule has 4 aromatic heterocycles. The molecule has 0 saturated heterocycles. The largest absolute Gasteiger partial charge is 0.309 e. The molecule has 5 nitrogen and oxygen atoms in total. The first kappa shape index (κ1) is 31.9. The minimum absolute atomic E-state index is 0.569. The summed E-state index contributed by atoms with van der Waals surface area (Å²) in [5.74, 6) is 1.81. The third-order valence-corrected chi connectivity index (χ3v) is 12.3. The Hall–Kier alpha value is -7.41. The second-order valence-corrected chi connectivity index (χ2v) is 15.5. The van der Waals surface area contributed by atoms with Crippen LogP contribution in [-0.2, 0) is 0 Å². The van der Waals surface area contributed by atoms with Gasteiger partial charge in [-0.2, -0.15) is 9.97 Å². The van der Waals surface area contributed by atoms with Gasteiger partial charge in [-0.1, -0.05) is 140 Å². The number of hydrogen-bond donors (Lipinski definition) is 0. The maximum Gasteiger partial charge on any atom is 0.238 e. The van der Waals surface area contributed by atoms with Crippen molar-refractivity contribution in [1.82, 2.24) is 24.1 Å². The molecule has 0 aliphatic heterocycles. The Balaban J connectivity index is 1.19. The number of nitrogens with zero attached hydrogens (tertiary/aromatic N) is 5. The summed E-state index contributed by atoms with van der Waals surface area (Å²) in [6.45, 7) is 0. The highest BCUT2D eigenvalue weighted by atomic mass is 32.1. The van der Waals surface area contributed by atoms with E-state index in [1.54, 1.807) is 11.3 Å². The lowest BCUT2D eigenvalue weighted by Gasteiger charge is -2.15. The Morgan fingerprint density at radius 2 is 0.895 bits per heavy atom. The van der Waals surface area contributed by atoms with Crippen molar-refractivity contribution in [3.63, 3.8) is 0 Å². The molecule has 57 heavy (non-hydrogen) atoms. The molecule has 8 aromatic carbocycles. The molecule has 12 rings (SSSR count). The molecule has 0 bridgehead atoms. The summed E-state index contributed by atoms with van der Waals surface area (Å²) in [7, 11) is 0. The Bertz CT molecular complexity index is 3490. The Kier molecular flexibility index (Phi) is 7.03. The molecule has 0 saturated carbocycles. The number of aromatic nitrogens is 5. The SMILES string of the molecule is c1ccc(-c2ccc3c4ccccc4n(-c4nc(-c5ccccc5-n5c6ccccc6c6ccccc65)nc(-c5cccc6sc7ccccc7c56)n4)c3c2)cc1. The first-order valence-corrected chi connectivity index (χ1v) is 19.9. The van der Waals surface area contributed by atoms with E-state index in [9.17, 15) is 0 Å². The Morgan fingerprint density at radius 1 is 0.351 bits per heavy atom. The first-order valence-electron chi connectivity index (χ1n) is 19.1. The zero-order valence-electron chi connectivity index (χ0n) is 30.5. The maximum absolute atomic E-state index is 5.47. The molecule has 0 unspecified atom stereocenters. The van der Waals surface area contributed by atoms with Crippen molar-refractivity contribution in [3.8, 4) is 45.5 Å². The van der Waals surface area contributed by atoms with E-state index in [1.165, 1.54) is 25.6 Å². The number of thiophene rings is 1. The van der Waals surface area contributed by atoms with E-state index in [1.807, 2.05) is 0 Å². The number of rotatable bonds is 5. The molecule has 0 amide bonds. The molecule has 0 N–H and O–H groups in total. The van der Waals surface area contributed by atoms with Crippen molar-refractivity contribution in [2.45, 2.75) is 0 Å². The molecule has 0 atom stereocenters. The molecular formula is C51H31N5S. The second kappa shape index (κ2) is 12.6. The summed E-state index contributed by atoms with van der Waals surface area (Å²) < 4.78 is 7.01. The third kappa shape index (κ3) is 4.91. The van der Waals surface area contributed by atoms with Gasteiger partial charge < -0.3 is 4.57 Å². The Morgan fingerprint density at radius 3 is 1.63 bits per heavy atom. The maximum atomic E-state index is 5.47. The molecule has 0 aliphatic carbocycles. The first-order chi connectivity index (χ1) is 28.3. The van der Waals surface area contributed by atoms with Crippen LogP contribution in [0.5, 0.6) is 0 Å². The van der Waals surface area contributed by atoms with E-state index in [-0.39, 0.29) is 0 Å². The van der Waals surface area contributed by atoms with Crippen molar-refractivity contribution in [1.29, 1.82) is 0 Å². The second-order valence-electron chi connectivity index (χ2n) is 14.4. The van der Waals surface area contributed by atoms with Crippen molar-refractivity contribution in [2.75, 3.05) is 0 Å². The molecule has 0 fully saturated rings. The normalized spacial score (nSPS) is 11.9. The summed E-state index contributed by atoms with van der Waals surface area (Å²) in [4.78, 5) is 16.3. The van der Waals surface area contributed by atoms with Gasteiger partial charge in [0.2, 0.25) is 5.95 Å². The van der Waals surface area contributed by atoms with Gasteiger partial charge in [0.05, 0.1) is 27.8 Å². The summed E-state index contributed by atoms with van der Waals surface area (Å²) >= 11 is 1.80. The lowest BCUT2D eigenvalue weighted by atomic mass is 10.0. The van der Waals surface area contributed by atoms with E-state index in [2.05, 4.69) is 197 Å². The van der Waals surface area contributed by atoms with Crippen LogP contribution in [-0.4, -0.2) is 24.1 Å². The molecule has 12 aromatic rings. The fourth-order valence-corrected chi connectivity index (χ4v) is 9.83. The molecule has 0 aliphatic rings. The van der Waals surface area contributed by atoms with Gasteiger partial charge in [0.25, 0.3) is 0 Å². The summed E-state index contributed by atoms with van der Waals surface area (Å²) in [6, 6.07) is 66.6. The highest BCUT2D eigenvalue weighted by molar-refractivity contribution is 7.25. The smallest absolute Gasteiger partial charge is 0.238 e. The third-order valence-electron chi connectivity index (χ3n) is 11.2. The number of para-hydroxylation sites is 4. The fourth-order valence-electron chi connectivity index (χ4n) is 8.70. The standard InChI is InChI=1S/C51H31N5S/c1-2-15-32(16-3-1)33-29-30-37-36-19-6-11-25-43(36)56(45(37)31-33)51-53-49(52-50(54-51)40-22-14-28-47-48(40)39-21-8-13-27-46(39)57-47)38-20-7-12-26-44(38)55-41-23-9-4-17-34(41)35-18-5-10-24-42(35)55/h1-31H. The quantitative estimate of drug-likeness (QED) is 0.176. The van der Waals surface area contributed by atoms with E-state index in [4.69, 9.17) is 15.0 Å².